The van der Waals surface area contributed by atoms with E-state index in [1.807, 2.05) is 35.7 Å². The van der Waals surface area contributed by atoms with Crippen LogP contribution in [0.5, 0.6) is 11.5 Å². The summed E-state index contributed by atoms with van der Waals surface area (Å²) in [6, 6.07) is 9.54. The van der Waals surface area contributed by atoms with Crippen LogP contribution in [0.1, 0.15) is 17.0 Å². The second-order valence-corrected chi connectivity index (χ2v) is 6.78. The van der Waals surface area contributed by atoms with Crippen molar-refractivity contribution in [1.29, 1.82) is 0 Å². The van der Waals surface area contributed by atoms with Gasteiger partial charge in [0.15, 0.2) is 11.5 Å². The SMILES string of the molecule is O=C(CCc1nc(-c2cccnc2)cs1)NCc1ccc2c(c1)OCO2. The van der Waals surface area contributed by atoms with Crippen molar-refractivity contribution >= 4 is 17.2 Å². The standard InChI is InChI=1S/C19H17N3O3S/c23-18(21-9-13-3-4-16-17(8-13)25-12-24-16)5-6-19-22-15(11-26-19)14-2-1-7-20-10-14/h1-4,7-8,10-11H,5-6,9,12H2,(H,21,23). The lowest BCUT2D eigenvalue weighted by Crippen LogP contribution is -2.22. The summed E-state index contributed by atoms with van der Waals surface area (Å²) in [5.41, 5.74) is 2.87. The fourth-order valence-electron chi connectivity index (χ4n) is 2.63. The first-order valence-corrected chi connectivity index (χ1v) is 9.16. The lowest BCUT2D eigenvalue weighted by Gasteiger charge is -2.05. The fourth-order valence-corrected chi connectivity index (χ4v) is 3.44. The molecule has 0 unspecified atom stereocenters. The molecule has 1 N–H and O–H groups in total. The third-order valence-corrected chi connectivity index (χ3v) is 4.91. The van der Waals surface area contributed by atoms with Crippen molar-refractivity contribution in [1.82, 2.24) is 15.3 Å². The van der Waals surface area contributed by atoms with Gasteiger partial charge in [0.05, 0.1) is 10.7 Å². The molecule has 26 heavy (non-hydrogen) atoms. The van der Waals surface area contributed by atoms with E-state index < -0.39 is 0 Å². The van der Waals surface area contributed by atoms with E-state index in [9.17, 15) is 4.79 Å². The van der Waals surface area contributed by atoms with Gasteiger partial charge in [0.25, 0.3) is 0 Å². The van der Waals surface area contributed by atoms with E-state index in [1.54, 1.807) is 23.7 Å². The van der Waals surface area contributed by atoms with Crippen molar-refractivity contribution < 1.29 is 14.3 Å². The van der Waals surface area contributed by atoms with Crippen LogP contribution in [0, 0.1) is 0 Å². The van der Waals surface area contributed by atoms with Crippen molar-refractivity contribution in [2.24, 2.45) is 0 Å². The topological polar surface area (TPSA) is 73.3 Å². The lowest BCUT2D eigenvalue weighted by atomic mass is 10.2. The number of ether oxygens (including phenoxy) is 2. The molecule has 3 aromatic rings. The largest absolute Gasteiger partial charge is 0.454 e. The van der Waals surface area contributed by atoms with E-state index in [1.165, 1.54) is 0 Å². The molecule has 0 saturated heterocycles. The number of nitrogens with zero attached hydrogens (tertiary/aromatic N) is 2. The van der Waals surface area contributed by atoms with E-state index in [4.69, 9.17) is 9.47 Å². The summed E-state index contributed by atoms with van der Waals surface area (Å²) in [6.45, 7) is 0.717. The lowest BCUT2D eigenvalue weighted by molar-refractivity contribution is -0.121. The van der Waals surface area contributed by atoms with Crippen LogP contribution >= 0.6 is 11.3 Å². The average Bonchev–Trinajstić information content (AvgIpc) is 3.34. The zero-order chi connectivity index (χ0) is 17.8. The van der Waals surface area contributed by atoms with Crippen molar-refractivity contribution in [3.8, 4) is 22.8 Å². The Balaban J connectivity index is 1.27. The van der Waals surface area contributed by atoms with Crippen LogP contribution < -0.4 is 14.8 Å². The summed E-state index contributed by atoms with van der Waals surface area (Å²) in [5.74, 6) is 1.47. The Kier molecular flexibility index (Phi) is 4.79. The number of carbonyl (C=O) groups excluding carboxylic acids is 1. The zero-order valence-corrected chi connectivity index (χ0v) is 14.8. The highest BCUT2D eigenvalue weighted by atomic mass is 32.1. The van der Waals surface area contributed by atoms with Crippen LogP contribution in [0.25, 0.3) is 11.3 Å². The fraction of sp³-hybridized carbons (Fsp3) is 0.211. The number of aryl methyl sites for hydroxylation is 1. The predicted octanol–water partition coefficient (Wildman–Crippen LogP) is 3.18. The number of thiazole rings is 1. The molecule has 1 aliphatic rings. The molecule has 1 aliphatic heterocycles. The van der Waals surface area contributed by atoms with Crippen LogP contribution in [0.15, 0.2) is 48.1 Å². The Bertz CT molecular complexity index is 911. The summed E-state index contributed by atoms with van der Waals surface area (Å²) in [5, 5.41) is 5.87. The minimum absolute atomic E-state index is 0.000736. The first-order chi connectivity index (χ1) is 12.8. The summed E-state index contributed by atoms with van der Waals surface area (Å²) in [4.78, 5) is 20.8. The monoisotopic (exact) mass is 367 g/mol. The smallest absolute Gasteiger partial charge is 0.231 e. The second-order valence-electron chi connectivity index (χ2n) is 5.83. The Labute approximate surface area is 154 Å². The average molecular weight is 367 g/mol. The van der Waals surface area contributed by atoms with Gasteiger partial charge in [0.1, 0.15) is 0 Å². The molecule has 0 radical (unpaired) electrons. The van der Waals surface area contributed by atoms with Gasteiger partial charge >= 0.3 is 0 Å². The van der Waals surface area contributed by atoms with Crippen LogP contribution in [0.4, 0.5) is 0 Å². The number of amides is 1. The molecule has 6 nitrogen and oxygen atoms in total. The predicted molar refractivity (Wildman–Crippen MR) is 98.1 cm³/mol. The van der Waals surface area contributed by atoms with E-state index in [-0.39, 0.29) is 12.7 Å². The maximum atomic E-state index is 12.1. The van der Waals surface area contributed by atoms with E-state index in [2.05, 4.69) is 15.3 Å². The Hall–Kier alpha value is -2.93. The zero-order valence-electron chi connectivity index (χ0n) is 14.0. The number of rotatable bonds is 6. The first kappa shape index (κ1) is 16.5. The highest BCUT2D eigenvalue weighted by molar-refractivity contribution is 7.09. The van der Waals surface area contributed by atoms with Crippen LogP contribution in [0.2, 0.25) is 0 Å². The molecule has 1 amide bonds. The number of nitrogens with one attached hydrogen (secondary N) is 1. The minimum Gasteiger partial charge on any atom is -0.454 e. The second kappa shape index (κ2) is 7.53. The van der Waals surface area contributed by atoms with Gasteiger partial charge in [-0.25, -0.2) is 4.98 Å². The van der Waals surface area contributed by atoms with Crippen LogP contribution in [-0.4, -0.2) is 22.7 Å². The van der Waals surface area contributed by atoms with Crippen molar-refractivity contribution in [2.75, 3.05) is 6.79 Å². The highest BCUT2D eigenvalue weighted by Gasteiger charge is 2.13. The summed E-state index contributed by atoms with van der Waals surface area (Å²) >= 11 is 1.57. The summed E-state index contributed by atoms with van der Waals surface area (Å²) in [7, 11) is 0. The normalized spacial score (nSPS) is 12.2. The third-order valence-electron chi connectivity index (χ3n) is 4.00. The van der Waals surface area contributed by atoms with E-state index in [0.717, 1.165) is 33.3 Å². The Morgan fingerprint density at radius 2 is 2.15 bits per heavy atom. The van der Waals surface area contributed by atoms with Crippen molar-refractivity contribution in [2.45, 2.75) is 19.4 Å². The molecule has 0 atom stereocenters. The van der Waals surface area contributed by atoms with E-state index >= 15 is 0 Å². The van der Waals surface area contributed by atoms with Gasteiger partial charge in [-0.2, -0.15) is 0 Å². The molecule has 3 heterocycles. The number of hydrogen-bond acceptors (Lipinski definition) is 6. The van der Waals surface area contributed by atoms with Gasteiger partial charge < -0.3 is 14.8 Å². The molecule has 0 spiro atoms. The number of aromatic nitrogens is 2. The molecule has 7 heteroatoms. The van der Waals surface area contributed by atoms with Gasteiger partial charge in [0.2, 0.25) is 12.7 Å². The Morgan fingerprint density at radius 3 is 3.04 bits per heavy atom. The molecular formula is C19H17N3O3S. The minimum atomic E-state index is 0.000736. The maximum Gasteiger partial charge on any atom is 0.231 e. The van der Waals surface area contributed by atoms with Gasteiger partial charge in [-0.1, -0.05) is 6.07 Å². The number of fused-ring (bicyclic) bond motifs is 1. The molecule has 0 fully saturated rings. The van der Waals surface area contributed by atoms with Crippen molar-refractivity contribution in [3.05, 3.63) is 58.7 Å². The van der Waals surface area contributed by atoms with E-state index in [0.29, 0.717) is 19.4 Å². The van der Waals surface area contributed by atoms with Crippen molar-refractivity contribution in [3.63, 3.8) is 0 Å². The molecule has 1 aromatic carbocycles. The third kappa shape index (κ3) is 3.83. The Morgan fingerprint density at radius 1 is 1.23 bits per heavy atom. The molecule has 0 saturated carbocycles. The molecule has 4 rings (SSSR count). The van der Waals surface area contributed by atoms with Gasteiger partial charge in [0, 0.05) is 42.7 Å². The molecule has 132 valence electrons. The summed E-state index contributed by atoms with van der Waals surface area (Å²) < 4.78 is 10.6. The van der Waals surface area contributed by atoms with Gasteiger partial charge in [-0.3, -0.25) is 9.78 Å². The molecule has 0 bridgehead atoms. The number of hydrogen-bond donors (Lipinski definition) is 1. The first-order valence-electron chi connectivity index (χ1n) is 8.28. The van der Waals surface area contributed by atoms with Crippen LogP contribution in [0.3, 0.4) is 0 Å². The number of carbonyl (C=O) groups is 1. The van der Waals surface area contributed by atoms with Crippen LogP contribution in [-0.2, 0) is 17.8 Å². The highest BCUT2D eigenvalue weighted by Crippen LogP contribution is 2.32. The van der Waals surface area contributed by atoms with Gasteiger partial charge in [-0.15, -0.1) is 11.3 Å². The molecular weight excluding hydrogens is 350 g/mol. The number of benzene rings is 1. The molecule has 2 aromatic heterocycles. The quantitative estimate of drug-likeness (QED) is 0.724. The van der Waals surface area contributed by atoms with Gasteiger partial charge in [-0.05, 0) is 29.8 Å². The molecule has 0 aliphatic carbocycles. The maximum absolute atomic E-state index is 12.1. The summed E-state index contributed by atoms with van der Waals surface area (Å²) in [6.07, 6.45) is 4.56. The number of pyridine rings is 1.